The molecule has 0 spiro atoms. The van der Waals surface area contributed by atoms with Crippen molar-refractivity contribution < 1.29 is 9.47 Å². The summed E-state index contributed by atoms with van der Waals surface area (Å²) in [6.45, 7) is 5.73. The van der Waals surface area contributed by atoms with Crippen LogP contribution in [0.25, 0.3) is 0 Å². The van der Waals surface area contributed by atoms with Crippen molar-refractivity contribution >= 4 is 0 Å². The van der Waals surface area contributed by atoms with Crippen molar-refractivity contribution in [2.75, 3.05) is 26.9 Å². The lowest BCUT2D eigenvalue weighted by atomic mass is 9.72. The minimum absolute atomic E-state index is 0.169. The van der Waals surface area contributed by atoms with E-state index in [9.17, 15) is 0 Å². The minimum atomic E-state index is 0.169. The predicted octanol–water partition coefficient (Wildman–Crippen LogP) is 3.84. The fourth-order valence-electron chi connectivity index (χ4n) is 3.70. The van der Waals surface area contributed by atoms with Gasteiger partial charge in [0.2, 0.25) is 0 Å². The van der Waals surface area contributed by atoms with Crippen molar-refractivity contribution in [3.8, 4) is 5.75 Å². The number of rotatable bonds is 6. The molecule has 0 saturated carbocycles. The SMILES string of the molecule is COc1cccc(CNCC2(c3ccccc3C)CCOCC2)c1. The summed E-state index contributed by atoms with van der Waals surface area (Å²) < 4.78 is 10.9. The largest absolute Gasteiger partial charge is 0.497 e. The van der Waals surface area contributed by atoms with Crippen molar-refractivity contribution in [1.29, 1.82) is 0 Å². The highest BCUT2D eigenvalue weighted by Crippen LogP contribution is 2.36. The van der Waals surface area contributed by atoms with E-state index in [0.29, 0.717) is 0 Å². The molecule has 3 nitrogen and oxygen atoms in total. The standard InChI is InChI=1S/C21H27NO2/c1-17-6-3-4-9-20(17)21(10-12-24-13-11-21)16-22-15-18-7-5-8-19(14-18)23-2/h3-9,14,22H,10-13,15-16H2,1-2H3. The molecule has 3 rings (SSSR count). The molecule has 128 valence electrons. The highest BCUT2D eigenvalue weighted by molar-refractivity contribution is 5.34. The van der Waals surface area contributed by atoms with Crippen LogP contribution in [0.5, 0.6) is 5.75 Å². The second-order valence-electron chi connectivity index (χ2n) is 6.66. The van der Waals surface area contributed by atoms with E-state index in [1.54, 1.807) is 7.11 Å². The van der Waals surface area contributed by atoms with E-state index >= 15 is 0 Å². The summed E-state index contributed by atoms with van der Waals surface area (Å²) in [5.41, 5.74) is 4.26. The second kappa shape index (κ2) is 7.82. The van der Waals surface area contributed by atoms with Crippen molar-refractivity contribution in [1.82, 2.24) is 5.32 Å². The summed E-state index contributed by atoms with van der Waals surface area (Å²) in [7, 11) is 1.71. The molecule has 1 aliphatic heterocycles. The molecule has 0 bridgehead atoms. The van der Waals surface area contributed by atoms with Gasteiger partial charge in [0, 0.05) is 31.7 Å². The van der Waals surface area contributed by atoms with Crippen molar-refractivity contribution in [2.24, 2.45) is 0 Å². The number of methoxy groups -OCH3 is 1. The molecule has 1 heterocycles. The molecule has 0 aromatic heterocycles. The number of aryl methyl sites for hydroxylation is 1. The van der Waals surface area contributed by atoms with Gasteiger partial charge in [0.25, 0.3) is 0 Å². The van der Waals surface area contributed by atoms with Crippen LogP contribution < -0.4 is 10.1 Å². The Balaban J connectivity index is 1.72. The van der Waals surface area contributed by atoms with E-state index < -0.39 is 0 Å². The maximum absolute atomic E-state index is 5.64. The van der Waals surface area contributed by atoms with E-state index in [1.807, 2.05) is 12.1 Å². The molecular formula is C21H27NO2. The number of ether oxygens (including phenoxy) is 2. The predicted molar refractivity (Wildman–Crippen MR) is 97.6 cm³/mol. The van der Waals surface area contributed by atoms with E-state index in [2.05, 4.69) is 48.6 Å². The summed E-state index contributed by atoms with van der Waals surface area (Å²) in [5.74, 6) is 0.911. The zero-order valence-electron chi connectivity index (χ0n) is 14.7. The number of nitrogens with one attached hydrogen (secondary N) is 1. The monoisotopic (exact) mass is 325 g/mol. The van der Waals surface area contributed by atoms with Crippen LogP contribution in [-0.2, 0) is 16.7 Å². The Hall–Kier alpha value is -1.84. The molecule has 0 unspecified atom stereocenters. The first-order valence-corrected chi connectivity index (χ1v) is 8.71. The fraction of sp³-hybridized carbons (Fsp3) is 0.429. The molecular weight excluding hydrogens is 298 g/mol. The lowest BCUT2D eigenvalue weighted by Gasteiger charge is -2.39. The molecule has 3 heteroatoms. The van der Waals surface area contributed by atoms with Crippen LogP contribution in [0.1, 0.15) is 29.5 Å². The van der Waals surface area contributed by atoms with Gasteiger partial charge in [-0.05, 0) is 48.6 Å². The van der Waals surface area contributed by atoms with Gasteiger partial charge in [-0.15, -0.1) is 0 Å². The summed E-state index contributed by atoms with van der Waals surface area (Å²) in [6.07, 6.45) is 2.14. The lowest BCUT2D eigenvalue weighted by molar-refractivity contribution is 0.0496. The Kier molecular flexibility index (Phi) is 5.54. The molecule has 1 saturated heterocycles. The smallest absolute Gasteiger partial charge is 0.119 e. The fourth-order valence-corrected chi connectivity index (χ4v) is 3.70. The third kappa shape index (κ3) is 3.80. The Labute approximate surface area is 145 Å². The normalized spacial score (nSPS) is 16.8. The van der Waals surface area contributed by atoms with Gasteiger partial charge in [0.1, 0.15) is 5.75 Å². The molecule has 0 radical (unpaired) electrons. The van der Waals surface area contributed by atoms with Gasteiger partial charge in [0.15, 0.2) is 0 Å². The van der Waals surface area contributed by atoms with Gasteiger partial charge in [-0.3, -0.25) is 0 Å². The Morgan fingerprint density at radius 3 is 2.62 bits per heavy atom. The summed E-state index contributed by atoms with van der Waals surface area (Å²) in [4.78, 5) is 0. The lowest BCUT2D eigenvalue weighted by Crippen LogP contribution is -2.43. The van der Waals surface area contributed by atoms with E-state index in [4.69, 9.17) is 9.47 Å². The maximum Gasteiger partial charge on any atom is 0.119 e. The number of hydrogen-bond acceptors (Lipinski definition) is 3. The molecule has 1 aliphatic rings. The Bertz CT molecular complexity index is 662. The van der Waals surface area contributed by atoms with E-state index in [1.165, 1.54) is 16.7 Å². The van der Waals surface area contributed by atoms with Crippen LogP contribution in [0.15, 0.2) is 48.5 Å². The van der Waals surface area contributed by atoms with Crippen molar-refractivity contribution in [3.05, 3.63) is 65.2 Å². The van der Waals surface area contributed by atoms with Crippen LogP contribution in [-0.4, -0.2) is 26.9 Å². The summed E-state index contributed by atoms with van der Waals surface area (Å²) >= 11 is 0. The van der Waals surface area contributed by atoms with Crippen LogP contribution in [0, 0.1) is 6.92 Å². The molecule has 24 heavy (non-hydrogen) atoms. The van der Waals surface area contributed by atoms with Gasteiger partial charge in [-0.25, -0.2) is 0 Å². The van der Waals surface area contributed by atoms with Gasteiger partial charge < -0.3 is 14.8 Å². The van der Waals surface area contributed by atoms with Gasteiger partial charge in [-0.2, -0.15) is 0 Å². The summed E-state index contributed by atoms with van der Waals surface area (Å²) in [5, 5.41) is 3.68. The summed E-state index contributed by atoms with van der Waals surface area (Å²) in [6, 6.07) is 17.0. The molecule has 0 amide bonds. The second-order valence-corrected chi connectivity index (χ2v) is 6.66. The van der Waals surface area contributed by atoms with Crippen LogP contribution in [0.3, 0.4) is 0 Å². The molecule has 0 aliphatic carbocycles. The zero-order valence-corrected chi connectivity index (χ0v) is 14.7. The van der Waals surface area contributed by atoms with Crippen LogP contribution in [0.2, 0.25) is 0 Å². The highest BCUT2D eigenvalue weighted by atomic mass is 16.5. The van der Waals surface area contributed by atoms with Gasteiger partial charge in [0.05, 0.1) is 7.11 Å². The topological polar surface area (TPSA) is 30.5 Å². The van der Waals surface area contributed by atoms with Crippen LogP contribution >= 0.6 is 0 Å². The number of hydrogen-bond donors (Lipinski definition) is 1. The number of benzene rings is 2. The molecule has 2 aromatic rings. The Morgan fingerprint density at radius 2 is 1.88 bits per heavy atom. The first kappa shape index (κ1) is 17.0. The average Bonchev–Trinajstić information content (AvgIpc) is 2.63. The van der Waals surface area contributed by atoms with Crippen LogP contribution in [0.4, 0.5) is 0 Å². The zero-order chi connectivity index (χ0) is 16.8. The van der Waals surface area contributed by atoms with E-state index in [0.717, 1.165) is 44.9 Å². The van der Waals surface area contributed by atoms with Gasteiger partial charge >= 0.3 is 0 Å². The van der Waals surface area contributed by atoms with Crippen molar-refractivity contribution in [3.63, 3.8) is 0 Å². The molecule has 2 aromatic carbocycles. The quantitative estimate of drug-likeness (QED) is 0.875. The third-order valence-electron chi connectivity index (χ3n) is 5.09. The average molecular weight is 325 g/mol. The minimum Gasteiger partial charge on any atom is -0.497 e. The Morgan fingerprint density at radius 1 is 1.08 bits per heavy atom. The molecule has 1 N–H and O–H groups in total. The maximum atomic E-state index is 5.64. The third-order valence-corrected chi connectivity index (χ3v) is 5.09. The van der Waals surface area contributed by atoms with Crippen molar-refractivity contribution in [2.45, 2.75) is 31.7 Å². The molecule has 1 fully saturated rings. The first-order valence-electron chi connectivity index (χ1n) is 8.71. The highest BCUT2D eigenvalue weighted by Gasteiger charge is 2.35. The van der Waals surface area contributed by atoms with E-state index in [-0.39, 0.29) is 5.41 Å². The first-order chi connectivity index (χ1) is 11.7. The van der Waals surface area contributed by atoms with Gasteiger partial charge in [-0.1, -0.05) is 36.4 Å². The molecule has 0 atom stereocenters.